The third-order valence-corrected chi connectivity index (χ3v) is 3.67. The van der Waals surface area contributed by atoms with Gasteiger partial charge in [-0.3, -0.25) is 0 Å². The second-order valence-corrected chi connectivity index (χ2v) is 5.25. The fourth-order valence-corrected chi connectivity index (χ4v) is 2.65. The summed E-state index contributed by atoms with van der Waals surface area (Å²) in [6, 6.07) is 3.84. The molecule has 1 aliphatic carbocycles. The van der Waals surface area contributed by atoms with E-state index in [1.807, 2.05) is 18.3 Å². The summed E-state index contributed by atoms with van der Waals surface area (Å²) in [5.74, 6) is 4.40. The van der Waals surface area contributed by atoms with Crippen LogP contribution in [0.4, 0.5) is 5.82 Å². The van der Waals surface area contributed by atoms with Crippen molar-refractivity contribution in [2.75, 3.05) is 18.0 Å². The highest BCUT2D eigenvalue weighted by Gasteiger charge is 2.37. The Labute approximate surface area is 108 Å². The van der Waals surface area contributed by atoms with E-state index in [1.54, 1.807) is 0 Å². The lowest BCUT2D eigenvalue weighted by Gasteiger charge is -2.38. The van der Waals surface area contributed by atoms with Crippen LogP contribution in [0.2, 0.25) is 0 Å². The Hall–Kier alpha value is -1.53. The average Bonchev–Trinajstić information content (AvgIpc) is 3.22. The Kier molecular flexibility index (Phi) is 2.97. The Balaban J connectivity index is 1.84. The Bertz CT molecular complexity index is 476. The summed E-state index contributed by atoms with van der Waals surface area (Å²) in [7, 11) is 0. The zero-order chi connectivity index (χ0) is 12.5. The largest absolute Gasteiger partial charge is 0.371 e. The molecule has 18 heavy (non-hydrogen) atoms. The van der Waals surface area contributed by atoms with Crippen LogP contribution in [0.15, 0.2) is 18.3 Å². The van der Waals surface area contributed by atoms with Gasteiger partial charge in [-0.25, -0.2) is 4.98 Å². The predicted molar refractivity (Wildman–Crippen MR) is 71.4 cm³/mol. The number of hydrogen-bond donors (Lipinski definition) is 0. The van der Waals surface area contributed by atoms with Crippen LogP contribution in [0, 0.1) is 18.3 Å². The Morgan fingerprint density at radius 3 is 3.00 bits per heavy atom. The number of aromatic nitrogens is 1. The van der Waals surface area contributed by atoms with Gasteiger partial charge in [-0.2, -0.15) is 0 Å². The van der Waals surface area contributed by atoms with E-state index in [4.69, 9.17) is 11.2 Å². The highest BCUT2D eigenvalue weighted by atomic mass is 16.5. The molecule has 2 heterocycles. The molecule has 0 bridgehead atoms. The summed E-state index contributed by atoms with van der Waals surface area (Å²) in [6.45, 7) is 3.91. The van der Waals surface area contributed by atoms with Crippen molar-refractivity contribution in [2.24, 2.45) is 5.92 Å². The van der Waals surface area contributed by atoms with E-state index in [-0.39, 0.29) is 6.10 Å². The van der Waals surface area contributed by atoms with Crippen LogP contribution >= 0.6 is 0 Å². The van der Waals surface area contributed by atoms with Crippen molar-refractivity contribution in [2.45, 2.75) is 32.0 Å². The molecule has 3 heteroatoms. The zero-order valence-electron chi connectivity index (χ0n) is 10.7. The van der Waals surface area contributed by atoms with Gasteiger partial charge in [0.25, 0.3) is 0 Å². The summed E-state index contributed by atoms with van der Waals surface area (Å²) < 4.78 is 6.01. The SMILES string of the molecule is C#Cc1cccnc1N1C[C@H](C)O[C@@H](C2CC2)C1. The van der Waals surface area contributed by atoms with Crippen molar-refractivity contribution < 1.29 is 4.74 Å². The standard InChI is InChI=1S/C15H18N2O/c1-3-12-5-4-8-16-15(12)17-9-11(2)18-14(10-17)13-6-7-13/h1,4-5,8,11,13-14H,6-7,9-10H2,2H3/t11-,14+/m0/s1. The number of pyridine rings is 1. The number of hydrogen-bond acceptors (Lipinski definition) is 3. The van der Waals surface area contributed by atoms with E-state index in [0.717, 1.165) is 30.4 Å². The number of morpholine rings is 1. The maximum absolute atomic E-state index is 6.01. The zero-order valence-corrected chi connectivity index (χ0v) is 10.7. The molecule has 1 aliphatic heterocycles. The van der Waals surface area contributed by atoms with Gasteiger partial charge in [0.05, 0.1) is 17.8 Å². The number of terminal acetylenes is 1. The van der Waals surface area contributed by atoms with Crippen molar-refractivity contribution >= 4 is 5.82 Å². The molecule has 0 aromatic carbocycles. The first kappa shape index (κ1) is 11.6. The number of ether oxygens (including phenoxy) is 1. The first-order valence-corrected chi connectivity index (χ1v) is 6.60. The van der Waals surface area contributed by atoms with Crippen molar-refractivity contribution in [1.29, 1.82) is 0 Å². The second kappa shape index (κ2) is 4.62. The minimum atomic E-state index is 0.247. The minimum Gasteiger partial charge on any atom is -0.371 e. The normalized spacial score (nSPS) is 27.9. The fourth-order valence-electron chi connectivity index (χ4n) is 2.65. The molecule has 1 aromatic heterocycles. The van der Waals surface area contributed by atoms with Gasteiger partial charge in [-0.1, -0.05) is 5.92 Å². The maximum atomic E-state index is 6.01. The van der Waals surface area contributed by atoms with Crippen LogP contribution < -0.4 is 4.90 Å². The van der Waals surface area contributed by atoms with Gasteiger partial charge < -0.3 is 9.64 Å². The average molecular weight is 242 g/mol. The maximum Gasteiger partial charge on any atom is 0.144 e. The van der Waals surface area contributed by atoms with Crippen molar-refractivity contribution in [3.05, 3.63) is 23.9 Å². The topological polar surface area (TPSA) is 25.4 Å². The van der Waals surface area contributed by atoms with E-state index in [9.17, 15) is 0 Å². The smallest absolute Gasteiger partial charge is 0.144 e. The summed E-state index contributed by atoms with van der Waals surface area (Å²) in [4.78, 5) is 6.73. The molecule has 0 unspecified atom stereocenters. The van der Waals surface area contributed by atoms with E-state index < -0.39 is 0 Å². The van der Waals surface area contributed by atoms with Crippen molar-refractivity contribution in [3.8, 4) is 12.3 Å². The van der Waals surface area contributed by atoms with Crippen LogP contribution in [-0.2, 0) is 4.74 Å². The van der Waals surface area contributed by atoms with Gasteiger partial charge in [-0.05, 0) is 37.8 Å². The monoisotopic (exact) mass is 242 g/mol. The molecular weight excluding hydrogens is 224 g/mol. The predicted octanol–water partition coefficient (Wildman–Crippen LogP) is 2.07. The quantitative estimate of drug-likeness (QED) is 0.742. The summed E-state index contributed by atoms with van der Waals surface area (Å²) >= 11 is 0. The number of anilines is 1. The number of nitrogens with zero attached hydrogens (tertiary/aromatic N) is 2. The van der Waals surface area contributed by atoms with Gasteiger partial charge in [0.15, 0.2) is 0 Å². The Morgan fingerprint density at radius 2 is 2.28 bits per heavy atom. The highest BCUT2D eigenvalue weighted by Crippen LogP contribution is 2.37. The molecule has 2 atom stereocenters. The molecule has 0 N–H and O–H groups in total. The molecular formula is C15H18N2O. The molecule has 3 rings (SSSR count). The molecule has 1 saturated carbocycles. The third kappa shape index (κ3) is 2.21. The van der Waals surface area contributed by atoms with Gasteiger partial charge >= 0.3 is 0 Å². The van der Waals surface area contributed by atoms with Crippen LogP contribution in [0.5, 0.6) is 0 Å². The van der Waals surface area contributed by atoms with Crippen molar-refractivity contribution in [3.63, 3.8) is 0 Å². The second-order valence-electron chi connectivity index (χ2n) is 5.25. The first-order chi connectivity index (χ1) is 8.78. The van der Waals surface area contributed by atoms with E-state index in [2.05, 4.69) is 22.7 Å². The van der Waals surface area contributed by atoms with Crippen molar-refractivity contribution in [1.82, 2.24) is 4.98 Å². The van der Waals surface area contributed by atoms with Gasteiger partial charge in [-0.15, -0.1) is 6.42 Å². The molecule has 94 valence electrons. The summed E-state index contributed by atoms with van der Waals surface area (Å²) in [5.41, 5.74) is 0.876. The minimum absolute atomic E-state index is 0.247. The molecule has 3 nitrogen and oxygen atoms in total. The molecule has 2 aliphatic rings. The van der Waals surface area contributed by atoms with Crippen LogP contribution in [-0.4, -0.2) is 30.3 Å². The lowest BCUT2D eigenvalue weighted by molar-refractivity contribution is -0.0273. The third-order valence-electron chi connectivity index (χ3n) is 3.67. The summed E-state index contributed by atoms with van der Waals surface area (Å²) in [6.07, 6.45) is 10.6. The molecule has 1 aromatic rings. The van der Waals surface area contributed by atoms with E-state index in [0.29, 0.717) is 6.10 Å². The molecule has 2 fully saturated rings. The van der Waals surface area contributed by atoms with Crippen LogP contribution in [0.3, 0.4) is 0 Å². The molecule has 0 amide bonds. The first-order valence-electron chi connectivity index (χ1n) is 6.60. The molecule has 0 spiro atoms. The van der Waals surface area contributed by atoms with Crippen LogP contribution in [0.1, 0.15) is 25.3 Å². The van der Waals surface area contributed by atoms with E-state index in [1.165, 1.54) is 12.8 Å². The fraction of sp³-hybridized carbons (Fsp3) is 0.533. The number of rotatable bonds is 2. The Morgan fingerprint density at radius 1 is 1.44 bits per heavy atom. The van der Waals surface area contributed by atoms with E-state index >= 15 is 0 Å². The summed E-state index contributed by atoms with van der Waals surface area (Å²) in [5, 5.41) is 0. The van der Waals surface area contributed by atoms with Gasteiger partial charge in [0, 0.05) is 19.3 Å². The molecule has 1 saturated heterocycles. The van der Waals surface area contributed by atoms with Gasteiger partial charge in [0.1, 0.15) is 5.82 Å². The lowest BCUT2D eigenvalue weighted by atomic mass is 10.1. The van der Waals surface area contributed by atoms with Gasteiger partial charge in [0.2, 0.25) is 0 Å². The molecule has 0 radical (unpaired) electrons. The van der Waals surface area contributed by atoms with Crippen LogP contribution in [0.25, 0.3) is 0 Å². The highest BCUT2D eigenvalue weighted by molar-refractivity contribution is 5.55. The lowest BCUT2D eigenvalue weighted by Crippen LogP contribution is -2.48.